The van der Waals surface area contributed by atoms with Crippen LogP contribution in [0.25, 0.3) is 10.4 Å². The fourth-order valence-corrected chi connectivity index (χ4v) is 1.66. The number of amides is 1. The molecule has 0 aliphatic carbocycles. The van der Waals surface area contributed by atoms with Gasteiger partial charge in [0, 0.05) is 24.5 Å². The highest BCUT2D eigenvalue weighted by Gasteiger charge is 2.00. The first-order valence-electron chi connectivity index (χ1n) is 8.97. The van der Waals surface area contributed by atoms with Crippen LogP contribution in [0.15, 0.2) is 5.11 Å². The predicted molar refractivity (Wildman–Crippen MR) is 99.7 cm³/mol. The van der Waals surface area contributed by atoms with Gasteiger partial charge in [0.2, 0.25) is 5.91 Å². The molecule has 27 heavy (non-hydrogen) atoms. The van der Waals surface area contributed by atoms with Crippen LogP contribution < -0.4 is 5.32 Å². The number of carbonyl (C=O) groups is 1. The molecule has 0 saturated heterocycles. The summed E-state index contributed by atoms with van der Waals surface area (Å²) in [7, 11) is 3.90. The van der Waals surface area contributed by atoms with Gasteiger partial charge in [-0.15, -0.1) is 0 Å². The molecule has 11 nitrogen and oxygen atoms in total. The molecule has 0 unspecified atom stereocenters. The van der Waals surface area contributed by atoms with Gasteiger partial charge in [0.1, 0.15) is 6.61 Å². The molecule has 0 spiro atoms. The minimum absolute atomic E-state index is 0.0415. The monoisotopic (exact) mass is 391 g/mol. The molecule has 0 aromatic rings. The first-order valence-corrected chi connectivity index (χ1v) is 8.97. The van der Waals surface area contributed by atoms with Gasteiger partial charge in [-0.2, -0.15) is 0 Å². The molecule has 11 heteroatoms. The van der Waals surface area contributed by atoms with Gasteiger partial charge < -0.3 is 33.9 Å². The van der Waals surface area contributed by atoms with E-state index in [1.165, 1.54) is 0 Å². The van der Waals surface area contributed by atoms with Crippen LogP contribution in [0.2, 0.25) is 0 Å². The van der Waals surface area contributed by atoms with E-state index in [1.54, 1.807) is 0 Å². The van der Waals surface area contributed by atoms with Crippen LogP contribution >= 0.6 is 0 Å². The molecule has 0 atom stereocenters. The SMILES string of the molecule is CN(C)CCNC(=O)COCCOCCOCCOCCOCCN=[N+]=[N-]. The Morgan fingerprint density at radius 1 is 0.889 bits per heavy atom. The molecule has 0 heterocycles. The minimum atomic E-state index is -0.124. The molecular formula is C16H33N5O6. The van der Waals surface area contributed by atoms with Crippen molar-refractivity contribution in [3.8, 4) is 0 Å². The second-order valence-corrected chi connectivity index (χ2v) is 5.61. The van der Waals surface area contributed by atoms with Crippen LogP contribution in [-0.4, -0.2) is 111 Å². The van der Waals surface area contributed by atoms with Crippen molar-refractivity contribution in [2.75, 3.05) is 99.8 Å². The van der Waals surface area contributed by atoms with Gasteiger partial charge in [0.25, 0.3) is 0 Å². The Hall–Kier alpha value is -1.46. The van der Waals surface area contributed by atoms with Gasteiger partial charge in [-0.1, -0.05) is 5.11 Å². The predicted octanol–water partition coefficient (Wildman–Crippen LogP) is 0.0575. The Labute approximate surface area is 160 Å². The van der Waals surface area contributed by atoms with Crippen molar-refractivity contribution >= 4 is 5.91 Å². The average Bonchev–Trinajstić information content (AvgIpc) is 2.64. The quantitative estimate of drug-likeness (QED) is 0.134. The molecular weight excluding hydrogens is 358 g/mol. The highest BCUT2D eigenvalue weighted by atomic mass is 16.6. The lowest BCUT2D eigenvalue weighted by molar-refractivity contribution is -0.126. The van der Waals surface area contributed by atoms with E-state index in [4.69, 9.17) is 29.2 Å². The van der Waals surface area contributed by atoms with Crippen molar-refractivity contribution in [2.45, 2.75) is 0 Å². The number of rotatable bonds is 20. The molecule has 158 valence electrons. The molecule has 0 fully saturated rings. The van der Waals surface area contributed by atoms with Crippen molar-refractivity contribution in [1.82, 2.24) is 10.2 Å². The Morgan fingerprint density at radius 2 is 1.37 bits per heavy atom. The third-order valence-electron chi connectivity index (χ3n) is 3.00. The van der Waals surface area contributed by atoms with Gasteiger partial charge in [0.15, 0.2) is 0 Å². The summed E-state index contributed by atoms with van der Waals surface area (Å²) in [6.45, 7) is 5.76. The maximum atomic E-state index is 11.4. The van der Waals surface area contributed by atoms with E-state index < -0.39 is 0 Å². The van der Waals surface area contributed by atoms with Gasteiger partial charge in [-0.05, 0) is 19.6 Å². The number of hydrogen-bond acceptors (Lipinski definition) is 8. The van der Waals surface area contributed by atoms with E-state index >= 15 is 0 Å². The summed E-state index contributed by atoms with van der Waals surface area (Å²) in [5.41, 5.74) is 8.07. The van der Waals surface area contributed by atoms with E-state index in [0.29, 0.717) is 72.6 Å². The van der Waals surface area contributed by atoms with Crippen LogP contribution in [-0.2, 0) is 28.5 Å². The van der Waals surface area contributed by atoms with E-state index in [-0.39, 0.29) is 12.5 Å². The first-order chi connectivity index (χ1) is 13.2. The molecule has 0 aliphatic rings. The molecule has 0 bridgehead atoms. The zero-order chi connectivity index (χ0) is 20.0. The van der Waals surface area contributed by atoms with Gasteiger partial charge in [-0.25, -0.2) is 0 Å². The topological polar surface area (TPSA) is 127 Å². The lowest BCUT2D eigenvalue weighted by atomic mass is 10.5. The molecule has 0 aliphatic heterocycles. The molecule has 0 aromatic carbocycles. The van der Waals surface area contributed by atoms with Crippen molar-refractivity contribution in [3.05, 3.63) is 10.4 Å². The minimum Gasteiger partial charge on any atom is -0.379 e. The summed E-state index contributed by atoms with van der Waals surface area (Å²) < 4.78 is 26.4. The van der Waals surface area contributed by atoms with Gasteiger partial charge >= 0.3 is 0 Å². The van der Waals surface area contributed by atoms with E-state index in [2.05, 4.69) is 15.3 Å². The summed E-state index contributed by atoms with van der Waals surface area (Å²) in [5, 5.41) is 6.12. The molecule has 0 rings (SSSR count). The smallest absolute Gasteiger partial charge is 0.246 e. The largest absolute Gasteiger partial charge is 0.379 e. The number of nitrogens with one attached hydrogen (secondary N) is 1. The van der Waals surface area contributed by atoms with E-state index in [1.807, 2.05) is 19.0 Å². The lowest BCUT2D eigenvalue weighted by Crippen LogP contribution is -2.34. The highest BCUT2D eigenvalue weighted by Crippen LogP contribution is 1.84. The zero-order valence-electron chi connectivity index (χ0n) is 16.4. The standard InChI is InChI=1S/C16H33N5O6/c1-21(2)5-3-18-16(22)15-27-14-13-26-12-11-25-10-9-24-8-7-23-6-4-19-20-17/h3-15H2,1-2H3,(H,18,22). The maximum absolute atomic E-state index is 11.4. The number of likely N-dealkylation sites (N-methyl/N-ethyl adjacent to an activating group) is 1. The Bertz CT molecular complexity index is 393. The van der Waals surface area contributed by atoms with Gasteiger partial charge in [-0.3, -0.25) is 4.79 Å². The Kier molecular flexibility index (Phi) is 19.7. The summed E-state index contributed by atoms with van der Waals surface area (Å²) in [6.07, 6.45) is 0. The number of azide groups is 1. The van der Waals surface area contributed by atoms with Crippen LogP contribution in [0.5, 0.6) is 0 Å². The fraction of sp³-hybridized carbons (Fsp3) is 0.938. The number of ether oxygens (including phenoxy) is 5. The van der Waals surface area contributed by atoms with Crippen molar-refractivity contribution in [1.29, 1.82) is 0 Å². The summed E-state index contributed by atoms with van der Waals surface area (Å²) in [5.74, 6) is -0.124. The van der Waals surface area contributed by atoms with Gasteiger partial charge in [0.05, 0.1) is 59.5 Å². The highest BCUT2D eigenvalue weighted by molar-refractivity contribution is 5.77. The molecule has 0 aromatic heterocycles. The van der Waals surface area contributed by atoms with Crippen LogP contribution in [0.3, 0.4) is 0 Å². The summed E-state index contributed by atoms with van der Waals surface area (Å²) >= 11 is 0. The van der Waals surface area contributed by atoms with Crippen molar-refractivity contribution in [3.63, 3.8) is 0 Å². The molecule has 1 N–H and O–H groups in total. The van der Waals surface area contributed by atoms with Crippen molar-refractivity contribution in [2.24, 2.45) is 5.11 Å². The molecule has 1 amide bonds. The van der Waals surface area contributed by atoms with Crippen LogP contribution in [0.4, 0.5) is 0 Å². The van der Waals surface area contributed by atoms with Crippen LogP contribution in [0, 0.1) is 0 Å². The zero-order valence-corrected chi connectivity index (χ0v) is 16.4. The molecule has 0 radical (unpaired) electrons. The first kappa shape index (κ1) is 25.5. The fourth-order valence-electron chi connectivity index (χ4n) is 1.66. The lowest BCUT2D eigenvalue weighted by Gasteiger charge is -2.10. The number of carbonyl (C=O) groups excluding carboxylic acids is 1. The third kappa shape index (κ3) is 22.5. The third-order valence-corrected chi connectivity index (χ3v) is 3.00. The normalized spacial score (nSPS) is 10.8. The number of nitrogens with zero attached hydrogens (tertiary/aromatic N) is 4. The summed E-state index contributed by atoms with van der Waals surface area (Å²) in [6, 6.07) is 0. The second-order valence-electron chi connectivity index (χ2n) is 5.61. The second kappa shape index (κ2) is 20.8. The van der Waals surface area contributed by atoms with E-state index in [0.717, 1.165) is 6.54 Å². The Morgan fingerprint density at radius 3 is 1.85 bits per heavy atom. The number of hydrogen-bond donors (Lipinski definition) is 1. The maximum Gasteiger partial charge on any atom is 0.246 e. The summed E-state index contributed by atoms with van der Waals surface area (Å²) in [4.78, 5) is 16.1. The Balaban J connectivity index is 3.12. The van der Waals surface area contributed by atoms with Crippen LogP contribution in [0.1, 0.15) is 0 Å². The average molecular weight is 391 g/mol. The van der Waals surface area contributed by atoms with E-state index in [9.17, 15) is 4.79 Å². The molecule has 0 saturated carbocycles. The van der Waals surface area contributed by atoms with Crippen molar-refractivity contribution < 1.29 is 28.5 Å².